The lowest BCUT2D eigenvalue weighted by Gasteiger charge is -2.32. The van der Waals surface area contributed by atoms with Crippen molar-refractivity contribution in [3.63, 3.8) is 0 Å². The van der Waals surface area contributed by atoms with Gasteiger partial charge in [0.2, 0.25) is 5.95 Å². The highest BCUT2D eigenvalue weighted by Gasteiger charge is 2.51. The predicted octanol–water partition coefficient (Wildman–Crippen LogP) is 3.17. The third-order valence-electron chi connectivity index (χ3n) is 4.73. The van der Waals surface area contributed by atoms with E-state index >= 15 is 0 Å². The Morgan fingerprint density at radius 3 is 2.32 bits per heavy atom. The van der Waals surface area contributed by atoms with Crippen LogP contribution in [0.4, 0.5) is 19.1 Å². The summed E-state index contributed by atoms with van der Waals surface area (Å²) in [4.78, 5) is 28.0. The monoisotopic (exact) mass is 457 g/mol. The number of benzene rings is 1. The number of phosphoric ester groups is 1. The number of hydrogen-bond donors (Lipinski definition) is 2. The highest BCUT2D eigenvalue weighted by molar-refractivity contribution is 7.46. The number of alkyl halides is 2. The van der Waals surface area contributed by atoms with Crippen LogP contribution in [0.15, 0.2) is 41.1 Å². The molecule has 164 valence electrons. The summed E-state index contributed by atoms with van der Waals surface area (Å²) in [7, 11) is -4.81. The number of phosphoric acid groups is 1. The maximum atomic E-state index is 13.3. The molecule has 31 heavy (non-hydrogen) atoms. The number of hydrogen-bond acceptors (Lipinski definition) is 8. The van der Waals surface area contributed by atoms with E-state index in [1.54, 1.807) is 12.1 Å². The van der Waals surface area contributed by atoms with Gasteiger partial charge in [-0.25, -0.2) is 18.9 Å². The van der Waals surface area contributed by atoms with Crippen molar-refractivity contribution >= 4 is 13.8 Å². The van der Waals surface area contributed by atoms with Crippen LogP contribution in [-0.4, -0.2) is 36.7 Å². The van der Waals surface area contributed by atoms with Crippen LogP contribution in [0.5, 0.6) is 0 Å². The molecule has 0 atom stereocenters. The lowest BCUT2D eigenvalue weighted by Crippen LogP contribution is -2.38. The van der Waals surface area contributed by atoms with E-state index < -0.39 is 38.2 Å². The van der Waals surface area contributed by atoms with Crippen LogP contribution in [0, 0.1) is 5.82 Å². The Kier molecular flexibility index (Phi) is 5.52. The van der Waals surface area contributed by atoms with Crippen molar-refractivity contribution in [3.05, 3.63) is 53.9 Å². The minimum absolute atomic E-state index is 0.0487. The molecule has 1 aliphatic carbocycles. The van der Waals surface area contributed by atoms with Gasteiger partial charge in [-0.1, -0.05) is 12.1 Å². The smallest absolute Gasteiger partial charge is 0.415 e. The van der Waals surface area contributed by atoms with Crippen LogP contribution in [-0.2, 0) is 14.6 Å². The zero-order chi connectivity index (χ0) is 22.2. The Bertz CT molecular complexity index is 1100. The second-order valence-electron chi connectivity index (χ2n) is 6.73. The highest BCUT2D eigenvalue weighted by Crippen LogP contribution is 2.52. The first kappa shape index (κ1) is 21.4. The first-order valence-electron chi connectivity index (χ1n) is 8.86. The van der Waals surface area contributed by atoms with E-state index in [4.69, 9.17) is 14.2 Å². The average Bonchev–Trinajstić information content (AvgIpc) is 3.35. The van der Waals surface area contributed by atoms with Crippen molar-refractivity contribution in [1.82, 2.24) is 20.2 Å². The summed E-state index contributed by atoms with van der Waals surface area (Å²) >= 11 is 0. The topological polar surface area (TPSA) is 135 Å². The molecule has 10 nitrogen and oxygen atoms in total. The minimum Gasteiger partial charge on any atom is -0.415 e. The molecule has 0 amide bonds. The van der Waals surface area contributed by atoms with Gasteiger partial charge in [-0.2, -0.15) is 8.78 Å². The van der Waals surface area contributed by atoms with Gasteiger partial charge in [0, 0.05) is 12.4 Å². The maximum Gasteiger partial charge on any atom is 0.471 e. The van der Waals surface area contributed by atoms with E-state index in [0.717, 1.165) is 0 Å². The van der Waals surface area contributed by atoms with Crippen molar-refractivity contribution in [2.45, 2.75) is 24.8 Å². The molecule has 2 heterocycles. The van der Waals surface area contributed by atoms with Crippen molar-refractivity contribution in [2.75, 3.05) is 11.6 Å². The van der Waals surface area contributed by atoms with Crippen LogP contribution >= 0.6 is 7.82 Å². The number of rotatable bonds is 8. The zero-order valence-corrected chi connectivity index (χ0v) is 16.5. The van der Waals surface area contributed by atoms with Crippen LogP contribution in [0.25, 0.3) is 11.5 Å². The fourth-order valence-corrected chi connectivity index (χ4v) is 3.37. The van der Waals surface area contributed by atoms with E-state index in [9.17, 15) is 17.7 Å². The summed E-state index contributed by atoms with van der Waals surface area (Å²) in [6, 6.07) is 5.67. The summed E-state index contributed by atoms with van der Waals surface area (Å²) < 4.78 is 59.4. The highest BCUT2D eigenvalue weighted by atomic mass is 31.2. The largest absolute Gasteiger partial charge is 0.471 e. The van der Waals surface area contributed by atoms with Gasteiger partial charge in [0.1, 0.15) is 12.5 Å². The molecule has 0 aliphatic heterocycles. The summed E-state index contributed by atoms with van der Waals surface area (Å²) in [5.74, 6) is -1.43. The molecule has 2 aromatic heterocycles. The molecule has 4 rings (SSSR count). The fraction of sp³-hybridized carbons (Fsp3) is 0.294. The van der Waals surface area contributed by atoms with Gasteiger partial charge >= 0.3 is 14.2 Å². The van der Waals surface area contributed by atoms with Gasteiger partial charge in [-0.3, -0.25) is 4.52 Å². The van der Waals surface area contributed by atoms with E-state index in [1.807, 2.05) is 0 Å². The quantitative estimate of drug-likeness (QED) is 0.384. The Hall–Kier alpha value is -2.86. The molecular weight excluding hydrogens is 442 g/mol. The molecule has 0 spiro atoms. The molecule has 0 unspecified atom stereocenters. The molecule has 2 N–H and O–H groups in total. The second-order valence-corrected chi connectivity index (χ2v) is 7.97. The van der Waals surface area contributed by atoms with Crippen molar-refractivity contribution in [2.24, 2.45) is 0 Å². The van der Waals surface area contributed by atoms with E-state index in [0.29, 0.717) is 18.4 Å². The maximum absolute atomic E-state index is 13.3. The van der Waals surface area contributed by atoms with Crippen molar-refractivity contribution < 1.29 is 36.5 Å². The Balaban J connectivity index is 1.65. The lowest BCUT2D eigenvalue weighted by atomic mass is 10.0. The molecule has 0 saturated heterocycles. The summed E-state index contributed by atoms with van der Waals surface area (Å²) in [5.41, 5.74) is 0.109. The second kappa shape index (κ2) is 8.00. The van der Waals surface area contributed by atoms with Gasteiger partial charge < -0.3 is 19.1 Å². The molecule has 0 bridgehead atoms. The third kappa shape index (κ3) is 4.59. The molecular formula is C17H15F3N5O5P. The number of anilines is 1. The Morgan fingerprint density at radius 2 is 1.81 bits per heavy atom. The van der Waals surface area contributed by atoms with Crippen molar-refractivity contribution in [1.29, 1.82) is 0 Å². The van der Waals surface area contributed by atoms with E-state index in [1.165, 1.54) is 29.4 Å². The summed E-state index contributed by atoms with van der Waals surface area (Å²) in [5, 5.41) is 6.75. The molecule has 3 aromatic rings. The minimum atomic E-state index is -4.81. The lowest BCUT2D eigenvalue weighted by molar-refractivity contribution is 0.116. The standard InChI is InChI=1S/C17H15F3N5O5P/c18-12-3-1-11(2-4-12)17(5-6-17)25(9-29-31(26,27)28)16-21-7-10(8-22-16)14-23-24-15(30-14)13(19)20/h1-4,7-8,13H,5-6,9H2,(H2,26,27,28). The summed E-state index contributed by atoms with van der Waals surface area (Å²) in [6.07, 6.45) is 0.727. The number of halogens is 3. The molecule has 1 aliphatic rings. The molecule has 14 heteroatoms. The number of nitrogens with zero attached hydrogens (tertiary/aromatic N) is 5. The molecule has 1 saturated carbocycles. The summed E-state index contributed by atoms with van der Waals surface area (Å²) in [6.45, 7) is -0.545. The van der Waals surface area contributed by atoms with Gasteiger partial charge in [-0.15, -0.1) is 10.2 Å². The average molecular weight is 457 g/mol. The Morgan fingerprint density at radius 1 is 1.16 bits per heavy atom. The van der Waals surface area contributed by atoms with Gasteiger partial charge in [0.25, 0.3) is 11.8 Å². The molecule has 0 radical (unpaired) electrons. The number of aromatic nitrogens is 4. The van der Waals surface area contributed by atoms with Gasteiger partial charge in [0.15, 0.2) is 0 Å². The zero-order valence-electron chi connectivity index (χ0n) is 15.6. The normalized spacial score (nSPS) is 15.3. The molecule has 1 aromatic carbocycles. The predicted molar refractivity (Wildman–Crippen MR) is 98.1 cm³/mol. The fourth-order valence-electron chi connectivity index (χ4n) is 3.11. The first-order valence-corrected chi connectivity index (χ1v) is 10.4. The van der Waals surface area contributed by atoms with E-state index in [-0.39, 0.29) is 17.4 Å². The third-order valence-corrected chi connectivity index (χ3v) is 5.18. The van der Waals surface area contributed by atoms with Crippen LogP contribution in [0.1, 0.15) is 30.7 Å². The first-order chi connectivity index (χ1) is 14.7. The van der Waals surface area contributed by atoms with E-state index in [2.05, 4.69) is 24.7 Å². The van der Waals surface area contributed by atoms with Crippen LogP contribution in [0.3, 0.4) is 0 Å². The molecule has 1 fully saturated rings. The van der Waals surface area contributed by atoms with Crippen molar-refractivity contribution in [3.8, 4) is 11.5 Å². The van der Waals surface area contributed by atoms with Crippen LogP contribution < -0.4 is 4.90 Å². The van der Waals surface area contributed by atoms with Gasteiger partial charge in [0.05, 0.1) is 11.1 Å². The van der Waals surface area contributed by atoms with Gasteiger partial charge in [-0.05, 0) is 30.5 Å². The van der Waals surface area contributed by atoms with Crippen LogP contribution in [0.2, 0.25) is 0 Å². The SMILES string of the molecule is O=P(O)(O)OCN(c1ncc(-c2nnc(C(F)F)o2)cn1)C1(c2ccc(F)cc2)CC1. The Labute approximate surface area is 173 Å².